The van der Waals surface area contributed by atoms with Gasteiger partial charge in [0.15, 0.2) is 0 Å². The Morgan fingerprint density at radius 2 is 2.05 bits per heavy atom. The molecule has 0 bridgehead atoms. The summed E-state index contributed by atoms with van der Waals surface area (Å²) in [7, 11) is -3.45. The summed E-state index contributed by atoms with van der Waals surface area (Å²) in [6.45, 7) is 4.14. The lowest BCUT2D eigenvalue weighted by molar-refractivity contribution is 0.0527. The predicted molar refractivity (Wildman–Crippen MR) is 73.9 cm³/mol. The van der Waals surface area contributed by atoms with Crippen LogP contribution in [0.3, 0.4) is 0 Å². The number of nitrogens with two attached hydrogens (primary N) is 1. The quantitative estimate of drug-likeness (QED) is 0.775. The Kier molecular flexibility index (Phi) is 4.84. The van der Waals surface area contributed by atoms with Gasteiger partial charge in [0.25, 0.3) is 10.2 Å². The fourth-order valence-electron chi connectivity index (χ4n) is 2.82. The van der Waals surface area contributed by atoms with Gasteiger partial charge in [-0.15, -0.1) is 0 Å². The van der Waals surface area contributed by atoms with Crippen LogP contribution in [0.2, 0.25) is 0 Å². The molecule has 2 fully saturated rings. The first kappa shape index (κ1) is 15.2. The van der Waals surface area contributed by atoms with Crippen molar-refractivity contribution in [3.05, 3.63) is 0 Å². The monoisotopic (exact) mass is 291 g/mol. The number of nitrogens with zero attached hydrogens (tertiary/aromatic N) is 1. The smallest absolute Gasteiger partial charge is 0.280 e. The highest BCUT2D eigenvalue weighted by atomic mass is 32.2. The van der Waals surface area contributed by atoms with E-state index in [1.165, 1.54) is 0 Å². The van der Waals surface area contributed by atoms with E-state index in [9.17, 15) is 8.42 Å². The fraction of sp³-hybridized carbons (Fsp3) is 1.00. The lowest BCUT2D eigenvalue weighted by Gasteiger charge is -2.39. The zero-order valence-electron chi connectivity index (χ0n) is 11.6. The molecule has 19 heavy (non-hydrogen) atoms. The SMILES string of the molecule is CC1(NS(=O)(=O)N2CCCCC2CN)CCOCC1. The molecule has 0 aromatic carbocycles. The van der Waals surface area contributed by atoms with Crippen LogP contribution in [-0.4, -0.2) is 50.6 Å². The molecular weight excluding hydrogens is 266 g/mol. The number of rotatable bonds is 4. The Labute approximate surface area is 115 Å². The maximum Gasteiger partial charge on any atom is 0.280 e. The van der Waals surface area contributed by atoms with Crippen molar-refractivity contribution in [1.82, 2.24) is 9.03 Å². The Morgan fingerprint density at radius 1 is 1.37 bits per heavy atom. The van der Waals surface area contributed by atoms with Crippen LogP contribution in [0.25, 0.3) is 0 Å². The van der Waals surface area contributed by atoms with Gasteiger partial charge < -0.3 is 10.5 Å². The molecule has 0 aliphatic carbocycles. The second-order valence-corrected chi connectivity index (χ2v) is 7.40. The van der Waals surface area contributed by atoms with Gasteiger partial charge in [0.2, 0.25) is 0 Å². The number of piperidine rings is 1. The second-order valence-electron chi connectivity index (χ2n) is 5.78. The molecule has 3 N–H and O–H groups in total. The zero-order valence-corrected chi connectivity index (χ0v) is 12.4. The van der Waals surface area contributed by atoms with Gasteiger partial charge in [0.1, 0.15) is 0 Å². The Hall–Kier alpha value is -0.210. The van der Waals surface area contributed by atoms with E-state index in [1.807, 2.05) is 6.92 Å². The van der Waals surface area contributed by atoms with Gasteiger partial charge in [-0.05, 0) is 32.6 Å². The first-order chi connectivity index (χ1) is 8.97. The van der Waals surface area contributed by atoms with Crippen LogP contribution in [0.15, 0.2) is 0 Å². The largest absolute Gasteiger partial charge is 0.381 e. The zero-order chi connectivity index (χ0) is 13.9. The van der Waals surface area contributed by atoms with Crippen molar-refractivity contribution in [3.63, 3.8) is 0 Å². The Morgan fingerprint density at radius 3 is 2.68 bits per heavy atom. The van der Waals surface area contributed by atoms with Crippen LogP contribution in [0.1, 0.15) is 39.0 Å². The van der Waals surface area contributed by atoms with Gasteiger partial charge in [-0.2, -0.15) is 17.4 Å². The predicted octanol–water partition coefficient (Wildman–Crippen LogP) is 0.203. The van der Waals surface area contributed by atoms with Crippen molar-refractivity contribution in [1.29, 1.82) is 0 Å². The molecule has 2 aliphatic heterocycles. The molecule has 2 aliphatic rings. The molecule has 112 valence electrons. The van der Waals surface area contributed by atoms with Gasteiger partial charge in [0.05, 0.1) is 0 Å². The minimum Gasteiger partial charge on any atom is -0.381 e. The normalized spacial score (nSPS) is 29.3. The molecule has 7 heteroatoms. The third-order valence-corrected chi connectivity index (χ3v) is 5.97. The third-order valence-electron chi connectivity index (χ3n) is 4.13. The minimum atomic E-state index is -3.45. The molecule has 6 nitrogen and oxygen atoms in total. The molecular formula is C12H25N3O3S. The molecule has 0 amide bonds. The number of hydrogen-bond acceptors (Lipinski definition) is 4. The molecule has 2 saturated heterocycles. The molecule has 0 radical (unpaired) electrons. The standard InChI is InChI=1S/C12H25N3O3S/c1-12(5-8-18-9-6-12)14-19(16,17)15-7-3-2-4-11(15)10-13/h11,14H,2-10,13H2,1H3. The lowest BCUT2D eigenvalue weighted by atomic mass is 9.94. The molecule has 0 aromatic heterocycles. The Bertz CT molecular complexity index is 393. The molecule has 2 rings (SSSR count). The number of ether oxygens (including phenoxy) is 1. The average molecular weight is 291 g/mol. The topological polar surface area (TPSA) is 84.7 Å². The Balaban J connectivity index is 2.08. The van der Waals surface area contributed by atoms with Crippen LogP contribution in [-0.2, 0) is 14.9 Å². The minimum absolute atomic E-state index is 0.0605. The summed E-state index contributed by atoms with van der Waals surface area (Å²) in [6, 6.07) is -0.0605. The summed E-state index contributed by atoms with van der Waals surface area (Å²) in [4.78, 5) is 0. The van der Waals surface area contributed by atoms with Crippen LogP contribution in [0.4, 0.5) is 0 Å². The van der Waals surface area contributed by atoms with E-state index in [4.69, 9.17) is 10.5 Å². The summed E-state index contributed by atoms with van der Waals surface area (Å²) in [5.41, 5.74) is 5.31. The maximum atomic E-state index is 12.5. The van der Waals surface area contributed by atoms with E-state index in [0.29, 0.717) is 39.1 Å². The van der Waals surface area contributed by atoms with Gasteiger partial charge in [0, 0.05) is 37.9 Å². The van der Waals surface area contributed by atoms with E-state index in [2.05, 4.69) is 4.72 Å². The van der Waals surface area contributed by atoms with Gasteiger partial charge in [-0.25, -0.2) is 0 Å². The van der Waals surface area contributed by atoms with E-state index in [0.717, 1.165) is 19.3 Å². The van der Waals surface area contributed by atoms with Crippen molar-refractivity contribution in [2.24, 2.45) is 5.73 Å². The number of hydrogen-bond donors (Lipinski definition) is 2. The van der Waals surface area contributed by atoms with Crippen molar-refractivity contribution in [3.8, 4) is 0 Å². The first-order valence-corrected chi connectivity index (χ1v) is 8.49. The molecule has 0 saturated carbocycles. The van der Waals surface area contributed by atoms with Crippen molar-refractivity contribution >= 4 is 10.2 Å². The number of nitrogens with one attached hydrogen (secondary N) is 1. The van der Waals surface area contributed by atoms with Crippen molar-refractivity contribution in [2.75, 3.05) is 26.3 Å². The van der Waals surface area contributed by atoms with E-state index < -0.39 is 15.7 Å². The molecule has 1 unspecified atom stereocenters. The summed E-state index contributed by atoms with van der Waals surface area (Å²) < 4.78 is 34.8. The summed E-state index contributed by atoms with van der Waals surface area (Å²) in [5.74, 6) is 0. The van der Waals surface area contributed by atoms with Crippen LogP contribution in [0, 0.1) is 0 Å². The van der Waals surface area contributed by atoms with Gasteiger partial charge >= 0.3 is 0 Å². The van der Waals surface area contributed by atoms with E-state index in [1.54, 1.807) is 4.31 Å². The fourth-order valence-corrected chi connectivity index (χ4v) is 4.72. The molecule has 0 aromatic rings. The van der Waals surface area contributed by atoms with Crippen molar-refractivity contribution < 1.29 is 13.2 Å². The van der Waals surface area contributed by atoms with Crippen molar-refractivity contribution in [2.45, 2.75) is 50.6 Å². The second kappa shape index (κ2) is 6.05. The highest BCUT2D eigenvalue weighted by Crippen LogP contribution is 2.24. The summed E-state index contributed by atoms with van der Waals surface area (Å²) in [6.07, 6.45) is 4.26. The summed E-state index contributed by atoms with van der Waals surface area (Å²) in [5, 5.41) is 0. The van der Waals surface area contributed by atoms with E-state index >= 15 is 0 Å². The van der Waals surface area contributed by atoms with Crippen LogP contribution >= 0.6 is 0 Å². The first-order valence-electron chi connectivity index (χ1n) is 7.05. The highest BCUT2D eigenvalue weighted by molar-refractivity contribution is 7.87. The van der Waals surface area contributed by atoms with Gasteiger partial charge in [-0.3, -0.25) is 0 Å². The molecule has 0 spiro atoms. The highest BCUT2D eigenvalue weighted by Gasteiger charge is 2.37. The van der Waals surface area contributed by atoms with Crippen LogP contribution < -0.4 is 10.5 Å². The van der Waals surface area contributed by atoms with Crippen LogP contribution in [0.5, 0.6) is 0 Å². The lowest BCUT2D eigenvalue weighted by Crippen LogP contribution is -2.58. The molecule has 2 heterocycles. The summed E-state index contributed by atoms with van der Waals surface area (Å²) >= 11 is 0. The van der Waals surface area contributed by atoms with E-state index in [-0.39, 0.29) is 6.04 Å². The third kappa shape index (κ3) is 3.66. The molecule has 1 atom stereocenters. The maximum absolute atomic E-state index is 12.5. The average Bonchev–Trinajstić information content (AvgIpc) is 2.38. The van der Waals surface area contributed by atoms with Gasteiger partial charge in [-0.1, -0.05) is 6.42 Å².